The normalized spacial score (nSPS) is 20.6. The molecule has 24 heavy (non-hydrogen) atoms. The van der Waals surface area contributed by atoms with E-state index in [0.29, 0.717) is 31.7 Å². The lowest BCUT2D eigenvalue weighted by molar-refractivity contribution is 0.0526. The first-order valence-corrected chi connectivity index (χ1v) is 8.37. The van der Waals surface area contributed by atoms with Gasteiger partial charge < -0.3 is 14.7 Å². The molecule has 1 aromatic heterocycles. The second-order valence-corrected chi connectivity index (χ2v) is 6.89. The highest BCUT2D eigenvalue weighted by Gasteiger charge is 2.34. The zero-order valence-corrected chi connectivity index (χ0v) is 14.7. The number of fused-ring (bicyclic) bond motifs is 1. The summed E-state index contributed by atoms with van der Waals surface area (Å²) in [6, 6.07) is 4.14. The van der Waals surface area contributed by atoms with Crippen molar-refractivity contribution < 1.29 is 14.6 Å². The monoisotopic (exact) mass is 328 g/mol. The van der Waals surface area contributed by atoms with Crippen LogP contribution in [0.15, 0.2) is 18.3 Å². The maximum atomic E-state index is 12.4. The Morgan fingerprint density at radius 2 is 2.17 bits per heavy atom. The van der Waals surface area contributed by atoms with Gasteiger partial charge in [0, 0.05) is 24.7 Å². The third-order valence-electron chi connectivity index (χ3n) is 4.54. The van der Waals surface area contributed by atoms with Gasteiger partial charge in [0.2, 0.25) is 0 Å². The predicted octanol–water partition coefficient (Wildman–Crippen LogP) is 2.99. The number of ether oxygens (including phenoxy) is 1. The number of anilines is 1. The molecule has 1 aliphatic rings. The maximum absolute atomic E-state index is 12.4. The summed E-state index contributed by atoms with van der Waals surface area (Å²) in [4.78, 5) is 19.0. The SMILES string of the molecule is CCOC(=O)c1cnc2c(C)cc(C)cc2c1N1CCC(C)(O)C1. The van der Waals surface area contributed by atoms with Crippen molar-refractivity contribution >= 4 is 22.6 Å². The van der Waals surface area contributed by atoms with E-state index in [1.807, 2.05) is 20.8 Å². The molecule has 0 spiro atoms. The minimum Gasteiger partial charge on any atom is -0.462 e. The van der Waals surface area contributed by atoms with E-state index in [0.717, 1.165) is 27.7 Å². The lowest BCUT2D eigenvalue weighted by atomic mass is 10.0. The summed E-state index contributed by atoms with van der Waals surface area (Å²) in [6.07, 6.45) is 2.27. The zero-order chi connectivity index (χ0) is 17.5. The summed E-state index contributed by atoms with van der Waals surface area (Å²) in [7, 11) is 0. The van der Waals surface area contributed by atoms with Crippen LogP contribution in [0.25, 0.3) is 10.9 Å². The van der Waals surface area contributed by atoms with Crippen molar-refractivity contribution in [3.63, 3.8) is 0 Å². The van der Waals surface area contributed by atoms with Crippen molar-refractivity contribution in [1.29, 1.82) is 0 Å². The molecule has 2 aromatic rings. The van der Waals surface area contributed by atoms with E-state index in [1.165, 1.54) is 0 Å². The first-order chi connectivity index (χ1) is 11.3. The molecule has 5 heteroatoms. The molecule has 0 bridgehead atoms. The average Bonchev–Trinajstić information content (AvgIpc) is 2.86. The van der Waals surface area contributed by atoms with Crippen LogP contribution in [-0.2, 0) is 4.74 Å². The molecule has 1 atom stereocenters. The second-order valence-electron chi connectivity index (χ2n) is 6.89. The Labute approximate surface area is 142 Å². The Hall–Kier alpha value is -2.14. The third kappa shape index (κ3) is 2.96. The summed E-state index contributed by atoms with van der Waals surface area (Å²) in [6.45, 7) is 9.19. The van der Waals surface area contributed by atoms with Gasteiger partial charge in [-0.2, -0.15) is 0 Å². The highest BCUT2D eigenvalue weighted by Crippen LogP contribution is 2.36. The van der Waals surface area contributed by atoms with E-state index in [4.69, 9.17) is 4.74 Å². The summed E-state index contributed by atoms with van der Waals surface area (Å²) in [5, 5.41) is 11.3. The van der Waals surface area contributed by atoms with Crippen molar-refractivity contribution in [2.75, 3.05) is 24.6 Å². The van der Waals surface area contributed by atoms with Crippen molar-refractivity contribution in [2.45, 2.75) is 39.7 Å². The molecule has 3 rings (SSSR count). The van der Waals surface area contributed by atoms with Gasteiger partial charge in [-0.1, -0.05) is 11.6 Å². The predicted molar refractivity (Wildman–Crippen MR) is 94.6 cm³/mol. The van der Waals surface area contributed by atoms with Crippen LogP contribution in [-0.4, -0.2) is 41.4 Å². The van der Waals surface area contributed by atoms with E-state index in [2.05, 4.69) is 22.0 Å². The number of rotatable bonds is 3. The maximum Gasteiger partial charge on any atom is 0.341 e. The lowest BCUT2D eigenvalue weighted by Crippen LogP contribution is -2.30. The number of β-amino-alcohol motifs (C(OH)–C–C–N with tert-alkyl or cyclic N) is 1. The summed E-state index contributed by atoms with van der Waals surface area (Å²) in [5.74, 6) is -0.368. The van der Waals surface area contributed by atoms with E-state index in [1.54, 1.807) is 13.1 Å². The number of nitrogens with zero attached hydrogens (tertiary/aromatic N) is 2. The van der Waals surface area contributed by atoms with Crippen LogP contribution in [0.2, 0.25) is 0 Å². The molecule has 0 radical (unpaired) electrons. The molecule has 128 valence electrons. The van der Waals surface area contributed by atoms with Crippen LogP contribution < -0.4 is 4.90 Å². The molecule has 5 nitrogen and oxygen atoms in total. The number of hydrogen-bond donors (Lipinski definition) is 1. The van der Waals surface area contributed by atoms with Gasteiger partial charge in [-0.25, -0.2) is 4.79 Å². The van der Waals surface area contributed by atoms with Gasteiger partial charge in [0.1, 0.15) is 5.56 Å². The van der Waals surface area contributed by atoms with Gasteiger partial charge in [0.25, 0.3) is 0 Å². The average molecular weight is 328 g/mol. The van der Waals surface area contributed by atoms with Gasteiger partial charge in [0.15, 0.2) is 0 Å². The first kappa shape index (κ1) is 16.7. The van der Waals surface area contributed by atoms with E-state index >= 15 is 0 Å². The molecule has 2 heterocycles. The van der Waals surface area contributed by atoms with Gasteiger partial charge in [-0.3, -0.25) is 4.98 Å². The molecular weight excluding hydrogens is 304 g/mol. The van der Waals surface area contributed by atoms with Crippen molar-refractivity contribution in [1.82, 2.24) is 4.98 Å². The van der Waals surface area contributed by atoms with Gasteiger partial charge in [-0.15, -0.1) is 0 Å². The summed E-state index contributed by atoms with van der Waals surface area (Å²) >= 11 is 0. The van der Waals surface area contributed by atoms with E-state index < -0.39 is 5.60 Å². The Balaban J connectivity index is 2.24. The molecule has 1 aromatic carbocycles. The van der Waals surface area contributed by atoms with E-state index in [9.17, 15) is 9.90 Å². The number of benzene rings is 1. The lowest BCUT2D eigenvalue weighted by Gasteiger charge is -2.25. The number of esters is 1. The van der Waals surface area contributed by atoms with Gasteiger partial charge in [0.05, 0.1) is 23.4 Å². The molecule has 1 aliphatic heterocycles. The van der Waals surface area contributed by atoms with Crippen LogP contribution >= 0.6 is 0 Å². The molecule has 0 aliphatic carbocycles. The second kappa shape index (κ2) is 6.06. The fraction of sp³-hybridized carbons (Fsp3) is 0.474. The van der Waals surface area contributed by atoms with Crippen LogP contribution in [0.1, 0.15) is 41.8 Å². The fourth-order valence-corrected chi connectivity index (χ4v) is 3.48. The van der Waals surface area contributed by atoms with Crippen LogP contribution in [0.3, 0.4) is 0 Å². The number of hydrogen-bond acceptors (Lipinski definition) is 5. The Morgan fingerprint density at radius 1 is 1.42 bits per heavy atom. The molecule has 0 saturated carbocycles. The van der Waals surface area contributed by atoms with E-state index in [-0.39, 0.29) is 5.97 Å². The molecule has 0 amide bonds. The number of aliphatic hydroxyl groups is 1. The van der Waals surface area contributed by atoms with Crippen molar-refractivity contribution in [3.8, 4) is 0 Å². The quantitative estimate of drug-likeness (QED) is 0.878. The standard InChI is InChI=1S/C19H24N2O3/c1-5-24-18(22)15-10-20-16-13(3)8-12(2)9-14(16)17(15)21-7-6-19(4,23)11-21/h8-10,23H,5-7,11H2,1-4H3. The molecular formula is C19H24N2O3. The van der Waals surface area contributed by atoms with Crippen LogP contribution in [0.4, 0.5) is 5.69 Å². The largest absolute Gasteiger partial charge is 0.462 e. The molecule has 1 N–H and O–H groups in total. The first-order valence-electron chi connectivity index (χ1n) is 8.37. The Bertz CT molecular complexity index is 799. The molecule has 1 saturated heterocycles. The number of aromatic nitrogens is 1. The van der Waals surface area contributed by atoms with Crippen molar-refractivity contribution in [3.05, 3.63) is 35.0 Å². The summed E-state index contributed by atoms with van der Waals surface area (Å²) in [5.41, 5.74) is 3.62. The highest BCUT2D eigenvalue weighted by atomic mass is 16.5. The number of carbonyl (C=O) groups is 1. The minimum atomic E-state index is -0.750. The highest BCUT2D eigenvalue weighted by molar-refractivity contribution is 6.06. The zero-order valence-electron chi connectivity index (χ0n) is 14.7. The fourth-order valence-electron chi connectivity index (χ4n) is 3.48. The number of aryl methyl sites for hydroxylation is 2. The van der Waals surface area contributed by atoms with Crippen LogP contribution in [0, 0.1) is 13.8 Å². The minimum absolute atomic E-state index is 0.320. The molecule has 1 fully saturated rings. The topological polar surface area (TPSA) is 62.7 Å². The number of pyridine rings is 1. The smallest absolute Gasteiger partial charge is 0.341 e. The van der Waals surface area contributed by atoms with Crippen molar-refractivity contribution in [2.24, 2.45) is 0 Å². The Morgan fingerprint density at radius 3 is 2.79 bits per heavy atom. The number of carbonyl (C=O) groups excluding carboxylic acids is 1. The summed E-state index contributed by atoms with van der Waals surface area (Å²) < 4.78 is 5.22. The van der Waals surface area contributed by atoms with Gasteiger partial charge >= 0.3 is 5.97 Å². The third-order valence-corrected chi connectivity index (χ3v) is 4.54. The van der Waals surface area contributed by atoms with Gasteiger partial charge in [-0.05, 0) is 45.7 Å². The Kier molecular flexibility index (Phi) is 4.22. The molecule has 1 unspecified atom stereocenters. The van der Waals surface area contributed by atoms with Crippen LogP contribution in [0.5, 0.6) is 0 Å².